The SMILES string of the molecule is Cc1cc2c(c(O)c1C)[C@@H]1C3Cc4c(O)c(C)c5c(c4[C@H](CNC(=O)[C@H](C)NC(=O)CCc4ccccc4)N3[C@@H](C#N)[C@H](C2)N1C)OCO5.[Ac]. The number of fused-ring (bicyclic) bond motifs is 9. The van der Waals surface area contributed by atoms with Gasteiger partial charge in [-0.2, -0.15) is 5.26 Å². The van der Waals surface area contributed by atoms with E-state index >= 15 is 0 Å². The molecule has 0 spiro atoms. The van der Waals surface area contributed by atoms with E-state index in [0.29, 0.717) is 47.5 Å². The van der Waals surface area contributed by atoms with Crippen LogP contribution in [0.5, 0.6) is 23.0 Å². The van der Waals surface area contributed by atoms with Gasteiger partial charge in [-0.15, -0.1) is 0 Å². The Bertz CT molecular complexity index is 1880. The number of rotatable bonds is 7. The number of aromatic hydroxyl groups is 2. The Kier molecular flexibility index (Phi) is 10.5. The van der Waals surface area contributed by atoms with Gasteiger partial charge < -0.3 is 30.3 Å². The summed E-state index contributed by atoms with van der Waals surface area (Å²) in [6.45, 7) is 7.45. The summed E-state index contributed by atoms with van der Waals surface area (Å²) in [7, 11) is 2.01. The number of piperazine rings is 1. The molecule has 259 valence electrons. The normalized spacial score (nSPS) is 23.7. The van der Waals surface area contributed by atoms with Gasteiger partial charge in [-0.25, -0.2) is 0 Å². The number of phenols is 2. The number of nitriles is 1. The number of aryl methyl sites for hydroxylation is 2. The molecule has 0 aliphatic carbocycles. The van der Waals surface area contributed by atoms with Gasteiger partial charge in [0.05, 0.1) is 18.2 Å². The van der Waals surface area contributed by atoms with Crippen molar-refractivity contribution in [3.8, 4) is 29.1 Å². The fraction of sp³-hybridized carbons (Fsp3) is 0.447. The molecule has 2 amide bonds. The fourth-order valence-corrected chi connectivity index (χ4v) is 8.54. The van der Waals surface area contributed by atoms with Gasteiger partial charge in [0.15, 0.2) is 11.5 Å². The van der Waals surface area contributed by atoms with Crippen LogP contribution in [0, 0.1) is 76.2 Å². The summed E-state index contributed by atoms with van der Waals surface area (Å²) >= 11 is 0. The number of amides is 2. The molecule has 4 aliphatic heterocycles. The topological polar surface area (TPSA) is 147 Å². The van der Waals surface area contributed by atoms with Crippen LogP contribution in [-0.2, 0) is 28.9 Å². The number of benzene rings is 3. The first-order valence-corrected chi connectivity index (χ1v) is 17.0. The molecule has 4 N–H and O–H groups in total. The minimum atomic E-state index is -0.799. The molecule has 4 heterocycles. The Balaban J connectivity index is 0.00000432. The molecule has 3 aromatic rings. The fourth-order valence-electron chi connectivity index (χ4n) is 8.54. The minimum absolute atomic E-state index is 0. The van der Waals surface area contributed by atoms with Gasteiger partial charge in [-0.1, -0.05) is 36.4 Å². The molecule has 11 nitrogen and oxygen atoms in total. The van der Waals surface area contributed by atoms with Crippen LogP contribution in [-0.4, -0.2) is 76.4 Å². The van der Waals surface area contributed by atoms with Crippen LogP contribution >= 0.6 is 0 Å². The van der Waals surface area contributed by atoms with Gasteiger partial charge in [0, 0.05) is 91.4 Å². The summed E-state index contributed by atoms with van der Waals surface area (Å²) < 4.78 is 11.9. The molecular weight excluding hydrogens is 849 g/mol. The number of hydrogen-bond acceptors (Lipinski definition) is 9. The summed E-state index contributed by atoms with van der Waals surface area (Å²) in [6, 6.07) is 11.7. The van der Waals surface area contributed by atoms with Crippen molar-refractivity contribution in [2.75, 3.05) is 20.4 Å². The molecule has 7 rings (SSSR count). The molecule has 1 radical (unpaired) electrons. The molecule has 1 unspecified atom stereocenters. The van der Waals surface area contributed by atoms with E-state index in [1.165, 1.54) is 0 Å². The molecular formula is C38H43AcN5O6. The van der Waals surface area contributed by atoms with E-state index in [2.05, 4.69) is 32.6 Å². The number of carbonyl (C=O) groups excluding carboxylic acids is 2. The van der Waals surface area contributed by atoms with E-state index in [-0.39, 0.29) is 105 Å². The van der Waals surface area contributed by atoms with Gasteiger partial charge in [0.25, 0.3) is 0 Å². The molecule has 4 aliphatic rings. The summed E-state index contributed by atoms with van der Waals surface area (Å²) in [6.07, 6.45) is 1.79. The van der Waals surface area contributed by atoms with Gasteiger partial charge >= 0.3 is 0 Å². The Morgan fingerprint density at radius 1 is 1.02 bits per heavy atom. The zero-order valence-corrected chi connectivity index (χ0v) is 33.9. The Hall–Kier alpha value is -3.35. The Morgan fingerprint density at radius 3 is 2.46 bits per heavy atom. The van der Waals surface area contributed by atoms with Crippen LogP contribution in [0.15, 0.2) is 36.4 Å². The Morgan fingerprint density at radius 2 is 1.74 bits per heavy atom. The van der Waals surface area contributed by atoms with Crippen molar-refractivity contribution < 1.29 is 73.3 Å². The second-order valence-electron chi connectivity index (χ2n) is 13.9. The van der Waals surface area contributed by atoms with Crippen LogP contribution in [0.3, 0.4) is 0 Å². The average Bonchev–Trinajstić information content (AvgIpc) is 3.58. The summed E-state index contributed by atoms with van der Waals surface area (Å²) in [5, 5.41) is 39.9. The van der Waals surface area contributed by atoms with Gasteiger partial charge in [0.1, 0.15) is 23.6 Å². The summed E-state index contributed by atoms with van der Waals surface area (Å²) in [5.41, 5.74) is 6.70. The molecule has 12 heteroatoms. The smallest absolute Gasteiger partial charge is 0.242 e. The van der Waals surface area contributed by atoms with Crippen LogP contribution in [0.2, 0.25) is 0 Å². The number of phenolic OH excluding ortho intramolecular Hbond substituents is 2. The second kappa shape index (κ2) is 14.3. The first kappa shape index (κ1) is 36.4. The van der Waals surface area contributed by atoms with E-state index in [9.17, 15) is 25.1 Å². The van der Waals surface area contributed by atoms with E-state index in [1.54, 1.807) is 13.8 Å². The first-order valence-electron chi connectivity index (χ1n) is 17.0. The van der Waals surface area contributed by atoms with Crippen LogP contribution in [0.4, 0.5) is 0 Å². The maximum Gasteiger partial charge on any atom is 0.242 e. The maximum absolute atomic E-state index is 13.5. The number of carbonyl (C=O) groups is 2. The number of nitrogens with one attached hydrogen (secondary N) is 2. The van der Waals surface area contributed by atoms with Crippen molar-refractivity contribution in [3.63, 3.8) is 0 Å². The zero-order valence-electron chi connectivity index (χ0n) is 29.1. The van der Waals surface area contributed by atoms with Gasteiger partial charge in [-0.3, -0.25) is 19.4 Å². The van der Waals surface area contributed by atoms with Gasteiger partial charge in [-0.05, 0) is 76.3 Å². The first-order chi connectivity index (χ1) is 23.5. The predicted molar refractivity (Wildman–Crippen MR) is 181 cm³/mol. The van der Waals surface area contributed by atoms with Crippen LogP contribution < -0.4 is 20.1 Å². The number of hydrogen-bond donors (Lipinski definition) is 4. The van der Waals surface area contributed by atoms with E-state index in [4.69, 9.17) is 9.47 Å². The number of likely N-dealkylation sites (N-methyl/N-ethyl adjacent to an activating group) is 1. The Labute approximate surface area is 328 Å². The number of nitrogens with zero attached hydrogens (tertiary/aromatic N) is 3. The standard InChI is InChI=1S/C38H43N5O6.Ac/c1-19-13-24-14-26-28(16-39)43-27(33(42(26)5)31(24)35(46)20(19)2)15-25-32(37-36(48-18-49-37)21(3)34(25)45)29(43)17-40-38(47)22(4)41-30(44)12-11-23-9-7-6-8-10-23;/h6-10,13,22,26-29,33,45-46H,11-12,14-15,17-18H2,1-5H3,(H,40,47)(H,41,44);/t22-,26-,27?,28-,29-,33-;/m0./s1. The quantitative estimate of drug-likeness (QED) is 0.279. The van der Waals surface area contributed by atoms with Crippen molar-refractivity contribution >= 4 is 11.8 Å². The van der Waals surface area contributed by atoms with E-state index in [0.717, 1.165) is 27.8 Å². The molecule has 6 atom stereocenters. The monoisotopic (exact) mass is 892 g/mol. The maximum atomic E-state index is 13.5. The molecule has 1 saturated heterocycles. The zero-order chi connectivity index (χ0) is 34.7. The molecule has 0 aromatic heterocycles. The second-order valence-corrected chi connectivity index (χ2v) is 13.9. The molecule has 3 aromatic carbocycles. The van der Waals surface area contributed by atoms with Crippen molar-refractivity contribution in [1.29, 1.82) is 5.26 Å². The average molecular weight is 893 g/mol. The third-order valence-electron chi connectivity index (χ3n) is 11.2. The van der Waals surface area contributed by atoms with E-state index in [1.807, 2.05) is 51.2 Å². The third-order valence-corrected chi connectivity index (χ3v) is 11.2. The van der Waals surface area contributed by atoms with E-state index < -0.39 is 18.1 Å². The largest absolute Gasteiger partial charge is 0.507 e. The van der Waals surface area contributed by atoms with Crippen molar-refractivity contribution in [2.24, 2.45) is 0 Å². The molecule has 2 bridgehead atoms. The molecule has 0 saturated carbocycles. The summed E-state index contributed by atoms with van der Waals surface area (Å²) in [5.74, 6) is 0.757. The third kappa shape index (κ3) is 6.04. The van der Waals surface area contributed by atoms with Gasteiger partial charge in [0.2, 0.25) is 18.6 Å². The van der Waals surface area contributed by atoms with Crippen molar-refractivity contribution in [2.45, 2.75) is 89.6 Å². The summed E-state index contributed by atoms with van der Waals surface area (Å²) in [4.78, 5) is 30.7. The predicted octanol–water partition coefficient (Wildman–Crippen LogP) is 3.78. The van der Waals surface area contributed by atoms with Crippen LogP contribution in [0.1, 0.15) is 69.9 Å². The van der Waals surface area contributed by atoms with Crippen LogP contribution in [0.25, 0.3) is 0 Å². The number of ether oxygens (including phenoxy) is 2. The minimum Gasteiger partial charge on any atom is -0.507 e. The molecule has 50 heavy (non-hydrogen) atoms. The van der Waals surface area contributed by atoms with Crippen molar-refractivity contribution in [3.05, 3.63) is 80.9 Å². The molecule has 1 fully saturated rings. The van der Waals surface area contributed by atoms with Crippen molar-refractivity contribution in [1.82, 2.24) is 20.4 Å².